The number of rotatable bonds is 7. The number of nitrogens with one attached hydrogen (secondary N) is 2. The highest BCUT2D eigenvalue weighted by molar-refractivity contribution is 7.92. The molecule has 1 aromatic heterocycles. The van der Waals surface area contributed by atoms with E-state index in [-0.39, 0.29) is 17.2 Å². The quantitative estimate of drug-likeness (QED) is 0.613. The van der Waals surface area contributed by atoms with Crippen molar-refractivity contribution in [1.29, 1.82) is 0 Å². The topological polar surface area (TPSA) is 75.3 Å². The van der Waals surface area contributed by atoms with E-state index in [9.17, 15) is 13.2 Å². The van der Waals surface area contributed by atoms with E-state index in [1.54, 1.807) is 54.7 Å². The molecular formula is C21H22N2O3S2. The first kappa shape index (κ1) is 20.1. The zero-order valence-electron chi connectivity index (χ0n) is 15.7. The number of anilines is 1. The molecule has 0 aliphatic heterocycles. The highest BCUT2D eigenvalue weighted by Crippen LogP contribution is 2.21. The van der Waals surface area contributed by atoms with Gasteiger partial charge in [0.25, 0.3) is 10.0 Å². The zero-order chi connectivity index (χ0) is 20.1. The summed E-state index contributed by atoms with van der Waals surface area (Å²) in [7, 11) is -3.66. The van der Waals surface area contributed by atoms with Gasteiger partial charge in [-0.2, -0.15) is 0 Å². The number of hydrogen-bond acceptors (Lipinski definition) is 4. The normalized spacial score (nSPS) is 11.2. The van der Waals surface area contributed by atoms with Crippen LogP contribution in [0, 0.1) is 13.8 Å². The van der Waals surface area contributed by atoms with Crippen LogP contribution in [0.2, 0.25) is 0 Å². The summed E-state index contributed by atoms with van der Waals surface area (Å²) in [5, 5.41) is 4.85. The van der Waals surface area contributed by atoms with E-state index < -0.39 is 10.0 Å². The summed E-state index contributed by atoms with van der Waals surface area (Å²) in [6.45, 7) is 4.15. The molecule has 0 aliphatic rings. The molecule has 0 atom stereocenters. The zero-order valence-corrected chi connectivity index (χ0v) is 17.4. The van der Waals surface area contributed by atoms with Crippen molar-refractivity contribution in [2.75, 3.05) is 4.72 Å². The minimum Gasteiger partial charge on any atom is -0.351 e. The Hall–Kier alpha value is -2.64. The molecule has 0 aliphatic carbocycles. The van der Waals surface area contributed by atoms with E-state index in [1.807, 2.05) is 30.5 Å². The number of sulfonamides is 1. The highest BCUT2D eigenvalue weighted by atomic mass is 32.2. The van der Waals surface area contributed by atoms with Gasteiger partial charge in [0.05, 0.1) is 17.9 Å². The van der Waals surface area contributed by atoms with Crippen molar-refractivity contribution < 1.29 is 13.2 Å². The van der Waals surface area contributed by atoms with Crippen molar-refractivity contribution in [2.45, 2.75) is 31.7 Å². The number of thiophene rings is 1. The fourth-order valence-corrected chi connectivity index (χ4v) is 4.78. The molecule has 0 saturated heterocycles. The lowest BCUT2D eigenvalue weighted by Gasteiger charge is -2.12. The van der Waals surface area contributed by atoms with Crippen molar-refractivity contribution in [3.05, 3.63) is 81.5 Å². The van der Waals surface area contributed by atoms with Crippen LogP contribution >= 0.6 is 11.3 Å². The van der Waals surface area contributed by atoms with E-state index in [2.05, 4.69) is 10.0 Å². The predicted molar refractivity (Wildman–Crippen MR) is 113 cm³/mol. The Balaban J connectivity index is 1.62. The molecule has 2 aromatic carbocycles. The SMILES string of the molecule is Cc1ccc(C)c(S(=O)(=O)Nc2ccc(CC(=O)NCc3cccs3)cc2)c1. The monoisotopic (exact) mass is 414 g/mol. The van der Waals surface area contributed by atoms with E-state index in [4.69, 9.17) is 0 Å². The van der Waals surface area contributed by atoms with E-state index >= 15 is 0 Å². The fourth-order valence-electron chi connectivity index (χ4n) is 2.74. The van der Waals surface area contributed by atoms with Gasteiger partial charge in [-0.3, -0.25) is 9.52 Å². The summed E-state index contributed by atoms with van der Waals surface area (Å²) in [5.41, 5.74) is 2.86. The molecule has 3 aromatic rings. The molecule has 0 bridgehead atoms. The number of aryl methyl sites for hydroxylation is 2. The number of amides is 1. The van der Waals surface area contributed by atoms with E-state index in [0.717, 1.165) is 16.0 Å². The van der Waals surface area contributed by atoms with Crippen molar-refractivity contribution in [3.8, 4) is 0 Å². The van der Waals surface area contributed by atoms with Gasteiger partial charge in [0.2, 0.25) is 5.91 Å². The lowest BCUT2D eigenvalue weighted by molar-refractivity contribution is -0.120. The summed E-state index contributed by atoms with van der Waals surface area (Å²) in [6.07, 6.45) is 0.245. The van der Waals surface area contributed by atoms with Gasteiger partial charge in [-0.25, -0.2) is 8.42 Å². The van der Waals surface area contributed by atoms with Gasteiger partial charge >= 0.3 is 0 Å². The Kier molecular flexibility index (Phi) is 6.16. The van der Waals surface area contributed by atoms with Gasteiger partial charge in [0, 0.05) is 10.6 Å². The van der Waals surface area contributed by atoms with Crippen molar-refractivity contribution in [3.63, 3.8) is 0 Å². The molecule has 1 amide bonds. The van der Waals surface area contributed by atoms with Crippen LogP contribution in [0.1, 0.15) is 21.6 Å². The van der Waals surface area contributed by atoms with Crippen LogP contribution in [0.4, 0.5) is 5.69 Å². The lowest BCUT2D eigenvalue weighted by Crippen LogP contribution is -2.24. The van der Waals surface area contributed by atoms with E-state index in [1.165, 1.54) is 0 Å². The average Bonchev–Trinajstić information content (AvgIpc) is 3.17. The van der Waals surface area contributed by atoms with Crippen LogP contribution < -0.4 is 10.0 Å². The summed E-state index contributed by atoms with van der Waals surface area (Å²) in [5.74, 6) is -0.0721. The second-order valence-electron chi connectivity index (χ2n) is 6.60. The van der Waals surface area contributed by atoms with Crippen LogP contribution in [0.15, 0.2) is 64.9 Å². The molecule has 146 valence electrons. The van der Waals surface area contributed by atoms with E-state index in [0.29, 0.717) is 17.8 Å². The maximum atomic E-state index is 12.7. The molecule has 3 rings (SSSR count). The van der Waals surface area contributed by atoms with Gasteiger partial charge in [-0.05, 0) is 60.2 Å². The van der Waals surface area contributed by atoms with Gasteiger partial charge in [0.15, 0.2) is 0 Å². The Morgan fingerprint density at radius 1 is 1.04 bits per heavy atom. The first-order valence-corrected chi connectivity index (χ1v) is 11.2. The smallest absolute Gasteiger partial charge is 0.262 e. The first-order chi connectivity index (χ1) is 13.3. The molecule has 0 unspecified atom stereocenters. The van der Waals surface area contributed by atoms with Crippen molar-refractivity contribution >= 4 is 33.0 Å². The van der Waals surface area contributed by atoms with Crippen molar-refractivity contribution in [1.82, 2.24) is 5.32 Å². The number of carbonyl (C=O) groups is 1. The highest BCUT2D eigenvalue weighted by Gasteiger charge is 2.17. The molecule has 5 nitrogen and oxygen atoms in total. The molecule has 1 heterocycles. The third-order valence-corrected chi connectivity index (χ3v) is 6.64. The summed E-state index contributed by atoms with van der Waals surface area (Å²) in [4.78, 5) is 13.4. The predicted octanol–water partition coefficient (Wildman–Crippen LogP) is 4.02. The third kappa shape index (κ3) is 5.21. The molecule has 2 N–H and O–H groups in total. The lowest BCUT2D eigenvalue weighted by atomic mass is 10.1. The number of benzene rings is 2. The van der Waals surface area contributed by atoms with Crippen LogP contribution in [0.25, 0.3) is 0 Å². The standard InChI is InChI=1S/C21H22N2O3S2/c1-15-5-6-16(2)20(12-15)28(25,26)23-18-9-7-17(8-10-18)13-21(24)22-14-19-4-3-11-27-19/h3-12,23H,13-14H2,1-2H3,(H,22,24). The second kappa shape index (κ2) is 8.58. The third-order valence-electron chi connectivity index (χ3n) is 4.24. The molecule has 0 fully saturated rings. The first-order valence-electron chi connectivity index (χ1n) is 8.81. The van der Waals surface area contributed by atoms with Gasteiger partial charge < -0.3 is 5.32 Å². The number of carbonyl (C=O) groups excluding carboxylic acids is 1. The molecule has 7 heteroatoms. The Morgan fingerprint density at radius 3 is 2.46 bits per heavy atom. The molecule has 28 heavy (non-hydrogen) atoms. The minimum absolute atomic E-state index is 0.0721. The fraction of sp³-hybridized carbons (Fsp3) is 0.190. The van der Waals surface area contributed by atoms with Crippen molar-refractivity contribution in [2.24, 2.45) is 0 Å². The Labute approximate surface area is 169 Å². The summed E-state index contributed by atoms with van der Waals surface area (Å²) in [6, 6.07) is 16.1. The van der Waals surface area contributed by atoms with Gasteiger partial charge in [0.1, 0.15) is 0 Å². The molecule has 0 spiro atoms. The molecule has 0 radical (unpaired) electrons. The van der Waals surface area contributed by atoms with Crippen LogP contribution in [0.5, 0.6) is 0 Å². The Morgan fingerprint density at radius 2 is 1.79 bits per heavy atom. The van der Waals surface area contributed by atoms with Crippen LogP contribution in [-0.4, -0.2) is 14.3 Å². The van der Waals surface area contributed by atoms with Gasteiger partial charge in [-0.1, -0.05) is 30.3 Å². The van der Waals surface area contributed by atoms with Crippen LogP contribution in [-0.2, 0) is 27.8 Å². The van der Waals surface area contributed by atoms with Gasteiger partial charge in [-0.15, -0.1) is 11.3 Å². The maximum Gasteiger partial charge on any atom is 0.262 e. The largest absolute Gasteiger partial charge is 0.351 e. The Bertz CT molecular complexity index is 1060. The molecule has 0 saturated carbocycles. The number of hydrogen-bond donors (Lipinski definition) is 2. The summed E-state index contributed by atoms with van der Waals surface area (Å²) >= 11 is 1.60. The van der Waals surface area contributed by atoms with Crippen LogP contribution in [0.3, 0.4) is 0 Å². The maximum absolute atomic E-state index is 12.7. The molecular weight excluding hydrogens is 392 g/mol. The second-order valence-corrected chi connectivity index (χ2v) is 9.29. The average molecular weight is 415 g/mol. The minimum atomic E-state index is -3.66. The summed E-state index contributed by atoms with van der Waals surface area (Å²) < 4.78 is 27.9.